The minimum absolute atomic E-state index is 0.102. The van der Waals surface area contributed by atoms with Gasteiger partial charge in [-0.15, -0.1) is 0 Å². The lowest BCUT2D eigenvalue weighted by atomic mass is 10.1. The highest BCUT2D eigenvalue weighted by molar-refractivity contribution is 5.94. The lowest BCUT2D eigenvalue weighted by molar-refractivity contribution is -0.123. The van der Waals surface area contributed by atoms with E-state index in [9.17, 15) is 9.59 Å². The SMILES string of the molecule is CCNC(=O)COc1ccc(CNC(=O)c2ccc(OCc3noc(C)n3)cc2)cc1OC. The van der Waals surface area contributed by atoms with Crippen LogP contribution in [-0.4, -0.2) is 42.2 Å². The Bertz CT molecular complexity index is 1080. The zero-order valence-corrected chi connectivity index (χ0v) is 18.7. The molecule has 0 radical (unpaired) electrons. The van der Waals surface area contributed by atoms with E-state index in [0.717, 1.165) is 5.56 Å². The first-order chi connectivity index (χ1) is 16.0. The van der Waals surface area contributed by atoms with Crippen molar-refractivity contribution in [1.29, 1.82) is 0 Å². The first kappa shape index (κ1) is 23.6. The largest absolute Gasteiger partial charge is 0.493 e. The van der Waals surface area contributed by atoms with Crippen molar-refractivity contribution < 1.29 is 28.3 Å². The molecular formula is C23H26N4O6. The monoisotopic (exact) mass is 454 g/mol. The Morgan fingerprint density at radius 1 is 1.03 bits per heavy atom. The molecule has 0 unspecified atom stereocenters. The fraction of sp³-hybridized carbons (Fsp3) is 0.304. The molecule has 3 aromatic rings. The Balaban J connectivity index is 1.51. The molecule has 33 heavy (non-hydrogen) atoms. The average Bonchev–Trinajstić information content (AvgIpc) is 3.25. The van der Waals surface area contributed by atoms with E-state index in [1.807, 2.05) is 6.92 Å². The van der Waals surface area contributed by atoms with Gasteiger partial charge in [-0.05, 0) is 48.9 Å². The van der Waals surface area contributed by atoms with E-state index in [2.05, 4.69) is 20.8 Å². The lowest BCUT2D eigenvalue weighted by Crippen LogP contribution is -2.28. The number of nitrogens with zero attached hydrogens (tertiary/aromatic N) is 2. The average molecular weight is 454 g/mol. The molecule has 2 amide bonds. The Hall–Kier alpha value is -4.08. The zero-order chi connectivity index (χ0) is 23.6. The molecule has 0 aliphatic heterocycles. The third kappa shape index (κ3) is 6.96. The number of ether oxygens (including phenoxy) is 3. The van der Waals surface area contributed by atoms with Crippen molar-refractivity contribution in [3.05, 3.63) is 65.3 Å². The summed E-state index contributed by atoms with van der Waals surface area (Å²) < 4.78 is 21.3. The summed E-state index contributed by atoms with van der Waals surface area (Å²) in [7, 11) is 1.51. The number of likely N-dealkylation sites (N-methyl/N-ethyl adjacent to an activating group) is 1. The second-order valence-corrected chi connectivity index (χ2v) is 6.95. The summed E-state index contributed by atoms with van der Waals surface area (Å²) in [6.07, 6.45) is 0. The maximum atomic E-state index is 12.5. The van der Waals surface area contributed by atoms with Gasteiger partial charge in [-0.25, -0.2) is 0 Å². The number of nitrogens with one attached hydrogen (secondary N) is 2. The van der Waals surface area contributed by atoms with E-state index in [4.69, 9.17) is 18.7 Å². The van der Waals surface area contributed by atoms with Gasteiger partial charge in [0.1, 0.15) is 5.75 Å². The minimum atomic E-state index is -0.231. The van der Waals surface area contributed by atoms with Crippen LogP contribution in [-0.2, 0) is 17.9 Å². The smallest absolute Gasteiger partial charge is 0.257 e. The van der Waals surface area contributed by atoms with E-state index in [1.54, 1.807) is 49.4 Å². The van der Waals surface area contributed by atoms with Crippen molar-refractivity contribution in [2.75, 3.05) is 20.3 Å². The number of hydrogen-bond donors (Lipinski definition) is 2. The summed E-state index contributed by atoms with van der Waals surface area (Å²) in [5.74, 6) is 1.99. The molecule has 0 saturated carbocycles. The molecule has 1 heterocycles. The van der Waals surface area contributed by atoms with Crippen molar-refractivity contribution in [2.24, 2.45) is 0 Å². The van der Waals surface area contributed by atoms with Crippen LogP contribution in [0.1, 0.15) is 34.6 Å². The normalized spacial score (nSPS) is 10.4. The van der Waals surface area contributed by atoms with E-state index in [0.29, 0.717) is 47.6 Å². The first-order valence-corrected chi connectivity index (χ1v) is 10.3. The molecule has 0 aliphatic rings. The van der Waals surface area contributed by atoms with Gasteiger partial charge in [-0.1, -0.05) is 11.2 Å². The van der Waals surface area contributed by atoms with E-state index in [-0.39, 0.29) is 25.0 Å². The fourth-order valence-corrected chi connectivity index (χ4v) is 2.87. The second kappa shape index (κ2) is 11.5. The number of aryl methyl sites for hydroxylation is 1. The van der Waals surface area contributed by atoms with E-state index >= 15 is 0 Å². The van der Waals surface area contributed by atoms with Crippen LogP contribution in [0.3, 0.4) is 0 Å². The maximum absolute atomic E-state index is 12.5. The summed E-state index contributed by atoms with van der Waals surface area (Å²) in [5, 5.41) is 9.29. The van der Waals surface area contributed by atoms with Gasteiger partial charge in [0.2, 0.25) is 11.7 Å². The molecule has 0 bridgehead atoms. The van der Waals surface area contributed by atoms with Gasteiger partial charge in [-0.3, -0.25) is 9.59 Å². The van der Waals surface area contributed by atoms with Crippen LogP contribution in [0, 0.1) is 6.92 Å². The summed E-state index contributed by atoms with van der Waals surface area (Å²) in [5.41, 5.74) is 1.31. The highest BCUT2D eigenvalue weighted by atomic mass is 16.5. The van der Waals surface area contributed by atoms with Crippen LogP contribution in [0.2, 0.25) is 0 Å². The van der Waals surface area contributed by atoms with Crippen molar-refractivity contribution in [1.82, 2.24) is 20.8 Å². The standard InChI is InChI=1S/C23H26N4O6/c1-4-24-22(28)14-32-19-10-5-16(11-20(19)30-3)12-25-23(29)17-6-8-18(9-7-17)31-13-21-26-15(2)33-27-21/h5-11H,4,12-14H2,1-3H3,(H,24,28)(H,25,29). The quantitative estimate of drug-likeness (QED) is 0.453. The topological polar surface area (TPSA) is 125 Å². The van der Waals surface area contributed by atoms with Gasteiger partial charge in [0.05, 0.1) is 7.11 Å². The Morgan fingerprint density at radius 2 is 1.82 bits per heavy atom. The third-order valence-electron chi connectivity index (χ3n) is 4.47. The van der Waals surface area contributed by atoms with Crippen molar-refractivity contribution in [2.45, 2.75) is 27.0 Å². The molecule has 1 aromatic heterocycles. The molecule has 0 saturated heterocycles. The summed E-state index contributed by atoms with van der Waals surface area (Å²) in [4.78, 5) is 28.1. The zero-order valence-electron chi connectivity index (χ0n) is 18.7. The Kier molecular flexibility index (Phi) is 8.23. The van der Waals surface area contributed by atoms with Crippen LogP contribution in [0.4, 0.5) is 0 Å². The van der Waals surface area contributed by atoms with Gasteiger partial charge < -0.3 is 29.4 Å². The number of methoxy groups -OCH3 is 1. The molecule has 10 heteroatoms. The number of benzene rings is 2. The third-order valence-corrected chi connectivity index (χ3v) is 4.47. The molecule has 10 nitrogen and oxygen atoms in total. The van der Waals surface area contributed by atoms with E-state index in [1.165, 1.54) is 7.11 Å². The number of hydrogen-bond acceptors (Lipinski definition) is 8. The maximum Gasteiger partial charge on any atom is 0.257 e. The van der Waals surface area contributed by atoms with Gasteiger partial charge in [0, 0.05) is 25.6 Å². The lowest BCUT2D eigenvalue weighted by Gasteiger charge is -2.12. The minimum Gasteiger partial charge on any atom is -0.493 e. The first-order valence-electron chi connectivity index (χ1n) is 10.3. The molecule has 2 aromatic carbocycles. The van der Waals surface area contributed by atoms with Crippen molar-refractivity contribution in [3.8, 4) is 17.2 Å². The number of amides is 2. The van der Waals surface area contributed by atoms with Crippen molar-refractivity contribution >= 4 is 11.8 Å². The van der Waals surface area contributed by atoms with Crippen LogP contribution < -0.4 is 24.8 Å². The molecule has 174 valence electrons. The summed E-state index contributed by atoms with van der Waals surface area (Å²) in [6.45, 7) is 4.44. The van der Waals surface area contributed by atoms with Gasteiger partial charge >= 0.3 is 0 Å². The molecule has 0 spiro atoms. The van der Waals surface area contributed by atoms with Crippen molar-refractivity contribution in [3.63, 3.8) is 0 Å². The molecule has 0 aliphatic carbocycles. The molecule has 2 N–H and O–H groups in total. The van der Waals surface area contributed by atoms with Gasteiger partial charge in [0.25, 0.3) is 11.8 Å². The van der Waals surface area contributed by atoms with Crippen LogP contribution in [0.25, 0.3) is 0 Å². The second-order valence-electron chi connectivity index (χ2n) is 6.95. The predicted molar refractivity (Wildman–Crippen MR) is 118 cm³/mol. The number of rotatable bonds is 11. The van der Waals surface area contributed by atoms with E-state index < -0.39 is 0 Å². The Morgan fingerprint density at radius 3 is 2.48 bits per heavy atom. The predicted octanol–water partition coefficient (Wildman–Crippen LogP) is 2.41. The Labute approximate surface area is 191 Å². The number of aromatic nitrogens is 2. The summed E-state index contributed by atoms with van der Waals surface area (Å²) >= 11 is 0. The summed E-state index contributed by atoms with van der Waals surface area (Å²) in [6, 6.07) is 12.0. The van der Waals surface area contributed by atoms with Crippen LogP contribution in [0.5, 0.6) is 17.2 Å². The highest BCUT2D eigenvalue weighted by Crippen LogP contribution is 2.28. The molecule has 0 fully saturated rings. The van der Waals surface area contributed by atoms with Gasteiger partial charge in [-0.2, -0.15) is 4.98 Å². The van der Waals surface area contributed by atoms with Gasteiger partial charge in [0.15, 0.2) is 24.7 Å². The van der Waals surface area contributed by atoms with Crippen LogP contribution >= 0.6 is 0 Å². The highest BCUT2D eigenvalue weighted by Gasteiger charge is 2.11. The molecular weight excluding hydrogens is 428 g/mol. The number of carbonyl (C=O) groups excluding carboxylic acids is 2. The molecule has 3 rings (SSSR count). The number of carbonyl (C=O) groups is 2. The molecule has 0 atom stereocenters. The fourth-order valence-electron chi connectivity index (χ4n) is 2.87. The van der Waals surface area contributed by atoms with Crippen LogP contribution in [0.15, 0.2) is 47.0 Å².